The number of carbonyl (C=O) groups excluding carboxylic acids is 2. The molecule has 0 bridgehead atoms. The summed E-state index contributed by atoms with van der Waals surface area (Å²) in [4.78, 5) is 31.2. The summed E-state index contributed by atoms with van der Waals surface area (Å²) in [7, 11) is 1.43. The minimum atomic E-state index is -0.151. The van der Waals surface area contributed by atoms with Crippen molar-refractivity contribution in [3.63, 3.8) is 0 Å². The van der Waals surface area contributed by atoms with Crippen LogP contribution in [0.3, 0.4) is 0 Å². The lowest BCUT2D eigenvalue weighted by molar-refractivity contribution is -0.146. The van der Waals surface area contributed by atoms with Gasteiger partial charge in [-0.1, -0.05) is 36.4 Å². The highest BCUT2D eigenvalue weighted by atomic mass is 16.5. The molecule has 0 saturated carbocycles. The fraction of sp³-hybridized carbons (Fsp3) is 0.296. The van der Waals surface area contributed by atoms with Gasteiger partial charge in [-0.3, -0.25) is 14.6 Å². The summed E-state index contributed by atoms with van der Waals surface area (Å²) in [5, 5.41) is 0. The van der Waals surface area contributed by atoms with Crippen LogP contribution >= 0.6 is 0 Å². The van der Waals surface area contributed by atoms with Crippen LogP contribution in [0.15, 0.2) is 66.9 Å². The first-order valence-corrected chi connectivity index (χ1v) is 10.9. The van der Waals surface area contributed by atoms with E-state index in [1.807, 2.05) is 25.1 Å². The molecule has 1 aliphatic rings. The second kappa shape index (κ2) is 9.35. The molecule has 32 heavy (non-hydrogen) atoms. The fourth-order valence-corrected chi connectivity index (χ4v) is 4.33. The molecule has 1 aliphatic heterocycles. The molecule has 1 atom stereocenters. The second-order valence-corrected chi connectivity index (χ2v) is 8.44. The number of Topliss-reactive ketones (excluding diaryl/α,β-unsaturated/α-hetero) is 1. The molecule has 0 amide bonds. The predicted octanol–water partition coefficient (Wildman–Crippen LogP) is 4.71. The van der Waals surface area contributed by atoms with Crippen LogP contribution in [0.1, 0.15) is 45.1 Å². The topological polar surface area (TPSA) is 59.5 Å². The van der Waals surface area contributed by atoms with Crippen LogP contribution in [0, 0.1) is 19.8 Å². The molecular formula is C27H28N2O3. The molecular weight excluding hydrogens is 400 g/mol. The summed E-state index contributed by atoms with van der Waals surface area (Å²) in [6.45, 7) is 5.33. The lowest BCUT2D eigenvalue weighted by atomic mass is 9.83. The Morgan fingerprint density at radius 3 is 2.44 bits per heavy atom. The minimum absolute atomic E-state index is 0.0366. The quantitative estimate of drug-likeness (QED) is 0.403. The third-order valence-corrected chi connectivity index (χ3v) is 6.25. The van der Waals surface area contributed by atoms with E-state index in [9.17, 15) is 9.59 Å². The number of pyridine rings is 1. The first-order chi connectivity index (χ1) is 15.5. The Labute approximate surface area is 189 Å². The van der Waals surface area contributed by atoms with Gasteiger partial charge in [0.25, 0.3) is 0 Å². The molecule has 5 nitrogen and oxygen atoms in total. The van der Waals surface area contributed by atoms with Crippen LogP contribution in [0.2, 0.25) is 0 Å². The molecule has 2 aromatic carbocycles. The van der Waals surface area contributed by atoms with E-state index < -0.39 is 0 Å². The van der Waals surface area contributed by atoms with Crippen molar-refractivity contribution in [2.75, 3.05) is 25.1 Å². The maximum Gasteiger partial charge on any atom is 0.312 e. The van der Waals surface area contributed by atoms with Gasteiger partial charge in [0.1, 0.15) is 0 Å². The minimum Gasteiger partial charge on any atom is -0.469 e. The summed E-state index contributed by atoms with van der Waals surface area (Å²) in [5.74, 6) is -0.134. The number of ketones is 1. The number of hydrogen-bond acceptors (Lipinski definition) is 5. The maximum atomic E-state index is 13.1. The van der Waals surface area contributed by atoms with Gasteiger partial charge in [-0.15, -0.1) is 0 Å². The fourth-order valence-electron chi connectivity index (χ4n) is 4.33. The van der Waals surface area contributed by atoms with E-state index in [4.69, 9.17) is 4.74 Å². The van der Waals surface area contributed by atoms with Crippen molar-refractivity contribution in [1.29, 1.82) is 0 Å². The normalized spacial score (nSPS) is 14.5. The van der Waals surface area contributed by atoms with Crippen LogP contribution in [-0.2, 0) is 9.53 Å². The number of rotatable bonds is 7. The van der Waals surface area contributed by atoms with Crippen molar-refractivity contribution in [2.24, 2.45) is 5.92 Å². The molecule has 1 saturated heterocycles. The number of nitrogens with zero attached hydrogens (tertiary/aromatic N) is 2. The predicted molar refractivity (Wildman–Crippen MR) is 125 cm³/mol. The van der Waals surface area contributed by atoms with Gasteiger partial charge in [0.2, 0.25) is 0 Å². The summed E-state index contributed by atoms with van der Waals surface area (Å²) >= 11 is 0. The van der Waals surface area contributed by atoms with Crippen molar-refractivity contribution < 1.29 is 14.3 Å². The Kier molecular flexibility index (Phi) is 6.35. The van der Waals surface area contributed by atoms with Gasteiger partial charge < -0.3 is 9.64 Å². The van der Waals surface area contributed by atoms with E-state index in [1.54, 1.807) is 12.3 Å². The van der Waals surface area contributed by atoms with Crippen molar-refractivity contribution in [1.82, 2.24) is 4.98 Å². The molecule has 5 heteroatoms. The van der Waals surface area contributed by atoms with Crippen LogP contribution in [0.5, 0.6) is 0 Å². The van der Waals surface area contributed by atoms with Crippen LogP contribution in [-0.4, -0.2) is 36.9 Å². The summed E-state index contributed by atoms with van der Waals surface area (Å²) in [6.07, 6.45) is 2.08. The van der Waals surface area contributed by atoms with E-state index in [0.29, 0.717) is 25.1 Å². The number of aromatic nitrogens is 1. The molecule has 1 aromatic heterocycles. The molecule has 1 unspecified atom stereocenters. The highest BCUT2D eigenvalue weighted by Gasteiger charge is 2.33. The van der Waals surface area contributed by atoms with Crippen LogP contribution < -0.4 is 4.90 Å². The molecule has 3 aromatic rings. The smallest absolute Gasteiger partial charge is 0.312 e. The number of esters is 1. The van der Waals surface area contributed by atoms with Gasteiger partial charge in [0.15, 0.2) is 5.78 Å². The Morgan fingerprint density at radius 2 is 1.78 bits per heavy atom. The second-order valence-electron chi connectivity index (χ2n) is 8.44. The van der Waals surface area contributed by atoms with Crippen molar-refractivity contribution in [3.8, 4) is 0 Å². The summed E-state index contributed by atoms with van der Waals surface area (Å²) in [5.41, 5.74) is 6.05. The van der Waals surface area contributed by atoms with Crippen LogP contribution in [0.25, 0.3) is 0 Å². The third kappa shape index (κ3) is 4.57. The van der Waals surface area contributed by atoms with Gasteiger partial charge >= 0.3 is 5.97 Å². The largest absolute Gasteiger partial charge is 0.469 e. The van der Waals surface area contributed by atoms with Crippen molar-refractivity contribution in [2.45, 2.75) is 26.2 Å². The van der Waals surface area contributed by atoms with E-state index in [0.717, 1.165) is 22.5 Å². The SMILES string of the molecule is COC(=O)C1CN(c2ccc(C(CC(=O)c3ccnc(C)c3)c3ccccc3C)cc2)C1. The van der Waals surface area contributed by atoms with Crippen molar-refractivity contribution >= 4 is 17.4 Å². The summed E-state index contributed by atoms with van der Waals surface area (Å²) < 4.78 is 4.83. The van der Waals surface area contributed by atoms with Gasteiger partial charge in [-0.05, 0) is 54.8 Å². The molecule has 0 aliphatic carbocycles. The molecule has 2 heterocycles. The number of methoxy groups -OCH3 is 1. The van der Waals surface area contributed by atoms with Crippen LogP contribution in [0.4, 0.5) is 5.69 Å². The monoisotopic (exact) mass is 428 g/mol. The Morgan fingerprint density at radius 1 is 1.06 bits per heavy atom. The molecule has 1 fully saturated rings. The van der Waals surface area contributed by atoms with Gasteiger partial charge in [-0.25, -0.2) is 0 Å². The Hall–Kier alpha value is -3.47. The standard InChI is InChI=1S/C27H28N2O3/c1-18-6-4-5-7-24(18)25(15-26(30)21-12-13-28-19(2)14-21)20-8-10-23(11-9-20)29-16-22(17-29)27(31)32-3/h4-14,22,25H,15-17H2,1-3H3. The highest BCUT2D eigenvalue weighted by Crippen LogP contribution is 2.34. The zero-order valence-corrected chi connectivity index (χ0v) is 18.7. The van der Waals surface area contributed by atoms with E-state index in [2.05, 4.69) is 53.2 Å². The van der Waals surface area contributed by atoms with Crippen molar-refractivity contribution in [3.05, 3.63) is 94.8 Å². The molecule has 0 spiro atoms. The first kappa shape index (κ1) is 21.8. The molecule has 4 rings (SSSR count). The molecule has 0 N–H and O–H groups in total. The van der Waals surface area contributed by atoms with Gasteiger partial charge in [-0.2, -0.15) is 0 Å². The van der Waals surface area contributed by atoms with E-state index in [1.165, 1.54) is 12.7 Å². The Balaban J connectivity index is 1.57. The summed E-state index contributed by atoms with van der Waals surface area (Å²) in [6, 6.07) is 20.2. The number of anilines is 1. The van der Waals surface area contributed by atoms with E-state index in [-0.39, 0.29) is 23.6 Å². The van der Waals surface area contributed by atoms with Gasteiger partial charge in [0.05, 0.1) is 13.0 Å². The Bertz CT molecular complexity index is 1120. The third-order valence-electron chi connectivity index (χ3n) is 6.25. The molecule has 0 radical (unpaired) electrons. The number of aryl methyl sites for hydroxylation is 2. The lowest BCUT2D eigenvalue weighted by Gasteiger charge is -2.39. The number of hydrogen-bond donors (Lipinski definition) is 0. The van der Waals surface area contributed by atoms with E-state index >= 15 is 0 Å². The number of benzene rings is 2. The lowest BCUT2D eigenvalue weighted by Crippen LogP contribution is -2.50. The zero-order valence-electron chi connectivity index (χ0n) is 18.7. The maximum absolute atomic E-state index is 13.1. The van der Waals surface area contributed by atoms with Gasteiger partial charge in [0, 0.05) is 48.6 Å². The highest BCUT2D eigenvalue weighted by molar-refractivity contribution is 5.96. The number of ether oxygens (including phenoxy) is 1. The average Bonchev–Trinajstić information content (AvgIpc) is 2.77. The zero-order chi connectivity index (χ0) is 22.7. The molecule has 164 valence electrons. The first-order valence-electron chi connectivity index (χ1n) is 10.9. The number of carbonyl (C=O) groups is 2. The average molecular weight is 429 g/mol.